The lowest BCUT2D eigenvalue weighted by molar-refractivity contribution is -0.385. The van der Waals surface area contributed by atoms with E-state index in [1.54, 1.807) is 12.1 Å². The van der Waals surface area contributed by atoms with Crippen molar-refractivity contribution in [1.29, 1.82) is 0 Å². The van der Waals surface area contributed by atoms with Crippen LogP contribution in [-0.4, -0.2) is 11.5 Å². The third-order valence-corrected chi connectivity index (χ3v) is 1.56. The summed E-state index contributed by atoms with van der Waals surface area (Å²) in [4.78, 5) is 10.0. The van der Waals surface area contributed by atoms with Gasteiger partial charge >= 0.3 is 5.69 Å². The van der Waals surface area contributed by atoms with E-state index in [0.29, 0.717) is 5.03 Å². The highest BCUT2D eigenvalue weighted by Gasteiger charge is 2.13. The van der Waals surface area contributed by atoms with Gasteiger partial charge in [-0.3, -0.25) is 10.1 Å². The molecule has 0 saturated carbocycles. The van der Waals surface area contributed by atoms with Gasteiger partial charge in [0.25, 0.3) is 0 Å². The molecule has 0 amide bonds. The lowest BCUT2D eigenvalue weighted by Crippen LogP contribution is -1.99. The van der Waals surface area contributed by atoms with Crippen LogP contribution in [0.3, 0.4) is 0 Å². The molecule has 0 fully saturated rings. The fraction of sp³-hybridized carbons (Fsp3) is 0.111. The molecule has 0 aliphatic rings. The SMILES string of the molecule is C=C(Cl)COc1ccccc1[N+](=O)[O-]. The lowest BCUT2D eigenvalue weighted by atomic mass is 10.3. The maximum atomic E-state index is 10.5. The molecule has 0 aromatic heterocycles. The molecule has 4 nitrogen and oxygen atoms in total. The molecular formula is C9H8ClNO3. The highest BCUT2D eigenvalue weighted by molar-refractivity contribution is 6.29. The molecule has 0 saturated heterocycles. The summed E-state index contributed by atoms with van der Waals surface area (Å²) in [6.07, 6.45) is 0. The highest BCUT2D eigenvalue weighted by atomic mass is 35.5. The van der Waals surface area contributed by atoms with Gasteiger partial charge in [-0.05, 0) is 6.07 Å². The molecule has 14 heavy (non-hydrogen) atoms. The fourth-order valence-corrected chi connectivity index (χ4v) is 0.941. The standard InChI is InChI=1S/C9H8ClNO3/c1-7(10)6-14-9-5-3-2-4-8(9)11(12)13/h2-5H,1,6H2. The van der Waals surface area contributed by atoms with E-state index in [1.807, 2.05) is 0 Å². The number of benzene rings is 1. The van der Waals surface area contributed by atoms with Crippen molar-refractivity contribution in [1.82, 2.24) is 0 Å². The molecular weight excluding hydrogens is 206 g/mol. The first-order valence-electron chi connectivity index (χ1n) is 3.80. The van der Waals surface area contributed by atoms with Crippen molar-refractivity contribution < 1.29 is 9.66 Å². The Balaban J connectivity index is 2.84. The average molecular weight is 214 g/mol. The fourth-order valence-electron chi connectivity index (χ4n) is 0.886. The topological polar surface area (TPSA) is 52.4 Å². The number of ether oxygens (including phenoxy) is 1. The zero-order valence-electron chi connectivity index (χ0n) is 7.27. The number of para-hydroxylation sites is 2. The minimum Gasteiger partial charge on any atom is -0.481 e. The summed E-state index contributed by atoms with van der Waals surface area (Å²) in [5.41, 5.74) is -0.0783. The van der Waals surface area contributed by atoms with Crippen LogP contribution in [0.15, 0.2) is 35.9 Å². The summed E-state index contributed by atoms with van der Waals surface area (Å²) >= 11 is 5.47. The lowest BCUT2D eigenvalue weighted by Gasteiger charge is -2.04. The first kappa shape index (κ1) is 10.5. The predicted octanol–water partition coefficient (Wildman–Crippen LogP) is 2.73. The molecule has 74 valence electrons. The molecule has 0 atom stereocenters. The van der Waals surface area contributed by atoms with Gasteiger partial charge in [-0.1, -0.05) is 30.3 Å². The number of halogens is 1. The molecule has 5 heteroatoms. The Kier molecular flexibility index (Phi) is 3.48. The molecule has 0 unspecified atom stereocenters. The van der Waals surface area contributed by atoms with Gasteiger partial charge in [0.05, 0.1) is 4.92 Å². The normalized spacial score (nSPS) is 9.50. The molecule has 0 heterocycles. The second-order valence-electron chi connectivity index (χ2n) is 2.53. The Hall–Kier alpha value is -1.55. The summed E-state index contributed by atoms with van der Waals surface area (Å²) in [5, 5.41) is 10.8. The Labute approximate surface area is 85.9 Å². The highest BCUT2D eigenvalue weighted by Crippen LogP contribution is 2.26. The first-order valence-corrected chi connectivity index (χ1v) is 4.18. The van der Waals surface area contributed by atoms with Gasteiger partial charge in [0, 0.05) is 11.1 Å². The van der Waals surface area contributed by atoms with Crippen LogP contribution in [0.1, 0.15) is 0 Å². The van der Waals surface area contributed by atoms with Crippen molar-refractivity contribution in [3.05, 3.63) is 46.0 Å². The van der Waals surface area contributed by atoms with Crippen LogP contribution in [0.2, 0.25) is 0 Å². The first-order chi connectivity index (χ1) is 6.61. The number of rotatable bonds is 4. The predicted molar refractivity (Wildman–Crippen MR) is 53.6 cm³/mol. The summed E-state index contributed by atoms with van der Waals surface area (Å²) < 4.78 is 5.09. The Morgan fingerprint density at radius 3 is 2.79 bits per heavy atom. The van der Waals surface area contributed by atoms with E-state index in [9.17, 15) is 10.1 Å². The third-order valence-electron chi connectivity index (χ3n) is 1.45. The number of nitrogens with zero attached hydrogens (tertiary/aromatic N) is 1. The Morgan fingerprint density at radius 1 is 1.57 bits per heavy atom. The molecule has 0 bridgehead atoms. The minimum absolute atomic E-state index is 0.0619. The van der Waals surface area contributed by atoms with Gasteiger partial charge in [0.1, 0.15) is 6.61 Å². The smallest absolute Gasteiger partial charge is 0.310 e. The van der Waals surface area contributed by atoms with Crippen LogP contribution < -0.4 is 4.74 Å². The monoisotopic (exact) mass is 213 g/mol. The largest absolute Gasteiger partial charge is 0.481 e. The van der Waals surface area contributed by atoms with E-state index in [0.717, 1.165) is 0 Å². The van der Waals surface area contributed by atoms with Crippen LogP contribution in [0.25, 0.3) is 0 Å². The zero-order chi connectivity index (χ0) is 10.6. The second-order valence-corrected chi connectivity index (χ2v) is 3.07. The Morgan fingerprint density at radius 2 is 2.21 bits per heavy atom. The van der Waals surface area contributed by atoms with Crippen LogP contribution >= 0.6 is 11.6 Å². The van der Waals surface area contributed by atoms with Gasteiger partial charge in [0.15, 0.2) is 5.75 Å². The van der Waals surface area contributed by atoms with Gasteiger partial charge in [-0.25, -0.2) is 0 Å². The van der Waals surface area contributed by atoms with Crippen LogP contribution in [0.4, 0.5) is 5.69 Å². The molecule has 0 aliphatic heterocycles. The van der Waals surface area contributed by atoms with Crippen LogP contribution in [0, 0.1) is 10.1 Å². The summed E-state index contributed by atoms with van der Waals surface area (Å²) in [7, 11) is 0. The minimum atomic E-state index is -0.508. The van der Waals surface area contributed by atoms with E-state index < -0.39 is 4.92 Å². The van der Waals surface area contributed by atoms with E-state index in [4.69, 9.17) is 16.3 Å². The number of nitro benzene ring substituents is 1. The van der Waals surface area contributed by atoms with E-state index in [1.165, 1.54) is 12.1 Å². The van der Waals surface area contributed by atoms with Crippen molar-refractivity contribution in [3.63, 3.8) is 0 Å². The number of nitro groups is 1. The number of hydrogen-bond donors (Lipinski definition) is 0. The quantitative estimate of drug-likeness (QED) is 0.571. The second kappa shape index (κ2) is 4.62. The molecule has 1 rings (SSSR count). The van der Waals surface area contributed by atoms with Crippen molar-refractivity contribution >= 4 is 17.3 Å². The van der Waals surface area contributed by atoms with Gasteiger partial charge in [-0.2, -0.15) is 0 Å². The van der Waals surface area contributed by atoms with Gasteiger partial charge < -0.3 is 4.74 Å². The van der Waals surface area contributed by atoms with E-state index in [2.05, 4.69) is 6.58 Å². The van der Waals surface area contributed by atoms with Crippen molar-refractivity contribution in [2.45, 2.75) is 0 Å². The third kappa shape index (κ3) is 2.74. The van der Waals surface area contributed by atoms with E-state index >= 15 is 0 Å². The maximum absolute atomic E-state index is 10.5. The summed E-state index contributed by atoms with van der Waals surface area (Å²) in [6, 6.07) is 6.10. The van der Waals surface area contributed by atoms with Gasteiger partial charge in [-0.15, -0.1) is 0 Å². The van der Waals surface area contributed by atoms with Crippen molar-refractivity contribution in [3.8, 4) is 5.75 Å². The molecule has 0 N–H and O–H groups in total. The number of hydrogen-bond acceptors (Lipinski definition) is 3. The Bertz CT molecular complexity index is 365. The molecule has 0 spiro atoms. The average Bonchev–Trinajstić information content (AvgIpc) is 2.15. The van der Waals surface area contributed by atoms with Crippen molar-refractivity contribution in [2.75, 3.05) is 6.61 Å². The zero-order valence-corrected chi connectivity index (χ0v) is 8.03. The molecule has 0 radical (unpaired) electrons. The molecule has 0 aliphatic carbocycles. The van der Waals surface area contributed by atoms with E-state index in [-0.39, 0.29) is 18.0 Å². The summed E-state index contributed by atoms with van der Waals surface area (Å²) in [6.45, 7) is 3.48. The molecule has 1 aromatic rings. The van der Waals surface area contributed by atoms with Gasteiger partial charge in [0.2, 0.25) is 0 Å². The molecule has 1 aromatic carbocycles. The van der Waals surface area contributed by atoms with Crippen LogP contribution in [-0.2, 0) is 0 Å². The summed E-state index contributed by atoms with van der Waals surface area (Å²) in [5.74, 6) is 0.194. The maximum Gasteiger partial charge on any atom is 0.310 e. The van der Waals surface area contributed by atoms with Crippen molar-refractivity contribution in [2.24, 2.45) is 0 Å². The van der Waals surface area contributed by atoms with Crippen LogP contribution in [0.5, 0.6) is 5.75 Å².